The molecule has 0 aromatic heterocycles. The standard InChI is InChI=1S/C6H6N2O5S.K/c7-4-2-1-3-5(14(11,12)13)6(4)8(9)10;/h1-3H,7H2,(H,11,12,13);/q;+1/p-1. The first kappa shape index (κ1) is 15.0. The predicted molar refractivity (Wildman–Crippen MR) is 45.5 cm³/mol. The molecule has 9 heteroatoms. The molecule has 0 saturated carbocycles. The second-order valence-electron chi connectivity index (χ2n) is 2.41. The molecule has 0 amide bonds. The molecule has 0 saturated heterocycles. The van der Waals surface area contributed by atoms with Crippen molar-refractivity contribution >= 4 is 21.5 Å². The van der Waals surface area contributed by atoms with Gasteiger partial charge in [-0.15, -0.1) is 0 Å². The predicted octanol–water partition coefficient (Wildman–Crippen LogP) is -2.91. The van der Waals surface area contributed by atoms with E-state index in [2.05, 4.69) is 0 Å². The average molecular weight is 256 g/mol. The molecule has 7 nitrogen and oxygen atoms in total. The van der Waals surface area contributed by atoms with Gasteiger partial charge >= 0.3 is 57.1 Å². The first-order valence-electron chi connectivity index (χ1n) is 3.33. The van der Waals surface area contributed by atoms with Crippen molar-refractivity contribution in [1.29, 1.82) is 0 Å². The molecule has 1 aromatic carbocycles. The zero-order chi connectivity index (χ0) is 10.9. The summed E-state index contributed by atoms with van der Waals surface area (Å²) >= 11 is 0. The minimum atomic E-state index is -4.87. The molecule has 0 spiro atoms. The topological polar surface area (TPSA) is 126 Å². The van der Waals surface area contributed by atoms with Crippen LogP contribution in [0, 0.1) is 10.1 Å². The van der Waals surface area contributed by atoms with Crippen molar-refractivity contribution in [3.63, 3.8) is 0 Å². The number of para-hydroxylation sites is 1. The van der Waals surface area contributed by atoms with Gasteiger partial charge in [0.05, 0.1) is 4.92 Å². The van der Waals surface area contributed by atoms with Crippen LogP contribution in [0.25, 0.3) is 0 Å². The van der Waals surface area contributed by atoms with Crippen LogP contribution in [0.15, 0.2) is 23.1 Å². The number of nitrogen functional groups attached to an aromatic ring is 1. The second-order valence-corrected chi connectivity index (χ2v) is 3.75. The van der Waals surface area contributed by atoms with E-state index in [0.29, 0.717) is 0 Å². The Morgan fingerprint density at radius 2 is 1.87 bits per heavy atom. The molecule has 0 fully saturated rings. The first-order valence-corrected chi connectivity index (χ1v) is 4.73. The number of nitrogens with zero attached hydrogens (tertiary/aromatic N) is 1. The summed E-state index contributed by atoms with van der Waals surface area (Å²) in [5.41, 5.74) is 3.95. The van der Waals surface area contributed by atoms with Crippen molar-refractivity contribution in [3.8, 4) is 0 Å². The summed E-state index contributed by atoms with van der Waals surface area (Å²) in [6.07, 6.45) is 0. The number of nitrogens with two attached hydrogens (primary N) is 1. The van der Waals surface area contributed by atoms with Gasteiger partial charge in [-0.25, -0.2) is 8.42 Å². The minimum absolute atomic E-state index is 0. The summed E-state index contributed by atoms with van der Waals surface area (Å²) in [7, 11) is -4.87. The van der Waals surface area contributed by atoms with Crippen LogP contribution in [-0.2, 0) is 10.1 Å². The van der Waals surface area contributed by atoms with E-state index in [0.717, 1.165) is 18.2 Å². The molecule has 15 heavy (non-hydrogen) atoms. The van der Waals surface area contributed by atoms with Crippen molar-refractivity contribution < 1.29 is 69.3 Å². The molecular formula is C6H5KN2O5S. The third kappa shape index (κ3) is 3.48. The maximum Gasteiger partial charge on any atom is 1.00 e. The van der Waals surface area contributed by atoms with E-state index in [1.807, 2.05) is 0 Å². The fraction of sp³-hybridized carbons (Fsp3) is 0. The number of anilines is 1. The zero-order valence-corrected chi connectivity index (χ0v) is 11.6. The van der Waals surface area contributed by atoms with Gasteiger partial charge in [0.15, 0.2) is 0 Å². The number of rotatable bonds is 2. The van der Waals surface area contributed by atoms with Gasteiger partial charge in [0.25, 0.3) is 0 Å². The normalized spacial score (nSPS) is 10.5. The zero-order valence-electron chi connectivity index (χ0n) is 7.71. The van der Waals surface area contributed by atoms with E-state index >= 15 is 0 Å². The summed E-state index contributed by atoms with van der Waals surface area (Å²) in [6.45, 7) is 0. The van der Waals surface area contributed by atoms with Crippen LogP contribution in [0.3, 0.4) is 0 Å². The Labute approximate surface area is 128 Å². The molecule has 0 aliphatic carbocycles. The monoisotopic (exact) mass is 256 g/mol. The van der Waals surface area contributed by atoms with Gasteiger partial charge in [-0.05, 0) is 12.1 Å². The van der Waals surface area contributed by atoms with Crippen LogP contribution >= 0.6 is 0 Å². The Morgan fingerprint density at radius 3 is 2.20 bits per heavy atom. The van der Waals surface area contributed by atoms with Gasteiger partial charge in [0.1, 0.15) is 20.7 Å². The summed E-state index contributed by atoms with van der Waals surface area (Å²) < 4.78 is 31.8. The maximum atomic E-state index is 10.6. The quantitative estimate of drug-likeness (QED) is 0.199. The van der Waals surface area contributed by atoms with Crippen LogP contribution < -0.4 is 57.1 Å². The molecule has 0 bridgehead atoms. The average Bonchev–Trinajstić information content (AvgIpc) is 2.01. The maximum absolute atomic E-state index is 10.6. The fourth-order valence-electron chi connectivity index (χ4n) is 0.936. The Bertz CT molecular complexity index is 486. The first-order chi connectivity index (χ1) is 6.34. The number of hydrogen-bond acceptors (Lipinski definition) is 6. The largest absolute Gasteiger partial charge is 1.00 e. The van der Waals surface area contributed by atoms with E-state index in [1.54, 1.807) is 0 Å². The Balaban J connectivity index is 0.00000196. The van der Waals surface area contributed by atoms with Gasteiger partial charge in [-0.3, -0.25) is 10.1 Å². The Morgan fingerprint density at radius 1 is 1.33 bits per heavy atom. The molecule has 0 atom stereocenters. The second kappa shape index (κ2) is 5.34. The van der Waals surface area contributed by atoms with Crippen molar-refractivity contribution in [2.75, 3.05) is 5.73 Å². The van der Waals surface area contributed by atoms with Gasteiger partial charge in [-0.2, -0.15) is 0 Å². The van der Waals surface area contributed by atoms with Crippen LogP contribution in [-0.4, -0.2) is 17.9 Å². The molecule has 0 heterocycles. The molecule has 2 N–H and O–H groups in total. The van der Waals surface area contributed by atoms with E-state index in [4.69, 9.17) is 5.73 Å². The summed E-state index contributed by atoms with van der Waals surface area (Å²) in [4.78, 5) is 8.50. The van der Waals surface area contributed by atoms with Gasteiger partial charge in [0, 0.05) is 0 Å². The van der Waals surface area contributed by atoms with Crippen LogP contribution in [0.4, 0.5) is 11.4 Å². The smallest absolute Gasteiger partial charge is 0.744 e. The Kier molecular flexibility index (Phi) is 5.33. The molecule has 0 aliphatic rings. The van der Waals surface area contributed by atoms with E-state index in [-0.39, 0.29) is 57.1 Å². The van der Waals surface area contributed by atoms with Gasteiger partial charge < -0.3 is 10.3 Å². The van der Waals surface area contributed by atoms with Gasteiger partial charge in [0.2, 0.25) is 0 Å². The van der Waals surface area contributed by atoms with E-state index in [1.165, 1.54) is 0 Å². The molecule has 1 aromatic rings. The van der Waals surface area contributed by atoms with Gasteiger partial charge in [-0.1, -0.05) is 6.07 Å². The molecule has 76 valence electrons. The molecule has 0 unspecified atom stereocenters. The third-order valence-corrected chi connectivity index (χ3v) is 2.35. The van der Waals surface area contributed by atoms with E-state index < -0.39 is 25.6 Å². The van der Waals surface area contributed by atoms with Crippen molar-refractivity contribution in [2.45, 2.75) is 4.90 Å². The molecule has 1 rings (SSSR count). The van der Waals surface area contributed by atoms with Crippen LogP contribution in [0.5, 0.6) is 0 Å². The summed E-state index contributed by atoms with van der Waals surface area (Å²) in [5, 5.41) is 10.4. The Hall–Kier alpha value is -0.0336. The number of benzene rings is 1. The van der Waals surface area contributed by atoms with Crippen LogP contribution in [0.1, 0.15) is 0 Å². The summed E-state index contributed by atoms with van der Waals surface area (Å²) in [5.74, 6) is 0. The minimum Gasteiger partial charge on any atom is -0.744 e. The molecular weight excluding hydrogens is 251 g/mol. The van der Waals surface area contributed by atoms with Crippen molar-refractivity contribution in [2.24, 2.45) is 0 Å². The third-order valence-electron chi connectivity index (χ3n) is 1.48. The fourth-order valence-corrected chi connectivity index (χ4v) is 1.61. The van der Waals surface area contributed by atoms with Crippen molar-refractivity contribution in [3.05, 3.63) is 28.3 Å². The summed E-state index contributed by atoms with van der Waals surface area (Å²) in [6, 6.07) is 3.15. The van der Waals surface area contributed by atoms with Crippen LogP contribution in [0.2, 0.25) is 0 Å². The molecule has 0 radical (unpaired) electrons. The number of hydrogen-bond donors (Lipinski definition) is 1. The SMILES string of the molecule is Nc1cccc(S(=O)(=O)[O-])c1[N+](=O)[O-].[K+]. The molecule has 0 aliphatic heterocycles. The number of nitro benzene ring substituents is 1. The van der Waals surface area contributed by atoms with E-state index in [9.17, 15) is 23.1 Å². The number of nitro groups is 1. The van der Waals surface area contributed by atoms with Crippen molar-refractivity contribution in [1.82, 2.24) is 0 Å².